The standard InChI is InChI=1S/C11H19N3O4/c1-8(10(16)17)6-13(3)11(18)14-5-4-12(2)9(15)7-14/h8H,4-7H2,1-3H3,(H,16,17). The van der Waals surface area contributed by atoms with Gasteiger partial charge in [-0.15, -0.1) is 0 Å². The lowest BCUT2D eigenvalue weighted by Gasteiger charge is -2.34. The molecule has 1 heterocycles. The lowest BCUT2D eigenvalue weighted by molar-refractivity contribution is -0.141. The Morgan fingerprint density at radius 1 is 1.44 bits per heavy atom. The van der Waals surface area contributed by atoms with Crippen LogP contribution in [0.3, 0.4) is 0 Å². The molecule has 18 heavy (non-hydrogen) atoms. The van der Waals surface area contributed by atoms with Gasteiger partial charge in [0.15, 0.2) is 0 Å². The second-order valence-electron chi connectivity index (χ2n) is 4.64. The van der Waals surface area contributed by atoms with Crippen LogP contribution in [0.5, 0.6) is 0 Å². The van der Waals surface area contributed by atoms with E-state index in [-0.39, 0.29) is 25.0 Å². The van der Waals surface area contributed by atoms with Crippen molar-refractivity contribution in [3.05, 3.63) is 0 Å². The van der Waals surface area contributed by atoms with E-state index in [0.717, 1.165) is 0 Å². The lowest BCUT2D eigenvalue weighted by Crippen LogP contribution is -2.54. The maximum Gasteiger partial charge on any atom is 0.320 e. The van der Waals surface area contributed by atoms with E-state index in [4.69, 9.17) is 5.11 Å². The van der Waals surface area contributed by atoms with Gasteiger partial charge in [-0.05, 0) is 0 Å². The molecule has 3 amide bonds. The molecular weight excluding hydrogens is 238 g/mol. The zero-order chi connectivity index (χ0) is 13.9. The average Bonchev–Trinajstić information content (AvgIpc) is 2.31. The van der Waals surface area contributed by atoms with Crippen molar-refractivity contribution in [1.29, 1.82) is 0 Å². The Labute approximate surface area is 106 Å². The maximum atomic E-state index is 12.0. The molecule has 1 aliphatic heterocycles. The summed E-state index contributed by atoms with van der Waals surface area (Å²) in [5.74, 6) is -1.67. The summed E-state index contributed by atoms with van der Waals surface area (Å²) in [6, 6.07) is -0.301. The second kappa shape index (κ2) is 5.70. The topological polar surface area (TPSA) is 81.2 Å². The number of likely N-dealkylation sites (N-methyl/N-ethyl adjacent to an activating group) is 1. The summed E-state index contributed by atoms with van der Waals surface area (Å²) < 4.78 is 0. The van der Waals surface area contributed by atoms with Gasteiger partial charge in [0.1, 0.15) is 6.54 Å². The fourth-order valence-electron chi connectivity index (χ4n) is 1.73. The third kappa shape index (κ3) is 3.35. The van der Waals surface area contributed by atoms with Crippen molar-refractivity contribution >= 4 is 17.9 Å². The molecule has 0 saturated carbocycles. The Bertz CT molecular complexity index is 358. The van der Waals surface area contributed by atoms with Crippen molar-refractivity contribution in [2.75, 3.05) is 40.3 Å². The zero-order valence-corrected chi connectivity index (χ0v) is 10.9. The largest absolute Gasteiger partial charge is 0.481 e. The van der Waals surface area contributed by atoms with E-state index in [0.29, 0.717) is 13.1 Å². The predicted molar refractivity (Wildman–Crippen MR) is 64.0 cm³/mol. The normalized spacial score (nSPS) is 17.6. The predicted octanol–water partition coefficient (Wildman–Crippen LogP) is -0.467. The van der Waals surface area contributed by atoms with Crippen molar-refractivity contribution < 1.29 is 19.5 Å². The molecule has 0 bridgehead atoms. The Balaban J connectivity index is 2.54. The van der Waals surface area contributed by atoms with Gasteiger partial charge in [-0.25, -0.2) is 4.79 Å². The number of piperazine rings is 1. The van der Waals surface area contributed by atoms with Gasteiger partial charge in [-0.3, -0.25) is 9.59 Å². The van der Waals surface area contributed by atoms with E-state index < -0.39 is 11.9 Å². The van der Waals surface area contributed by atoms with E-state index in [9.17, 15) is 14.4 Å². The van der Waals surface area contributed by atoms with E-state index >= 15 is 0 Å². The van der Waals surface area contributed by atoms with Gasteiger partial charge in [0, 0.05) is 33.7 Å². The highest BCUT2D eigenvalue weighted by molar-refractivity contribution is 5.85. The number of nitrogens with zero attached hydrogens (tertiary/aromatic N) is 3. The van der Waals surface area contributed by atoms with Gasteiger partial charge in [0.25, 0.3) is 0 Å². The quantitative estimate of drug-likeness (QED) is 0.741. The second-order valence-corrected chi connectivity index (χ2v) is 4.64. The first-order valence-corrected chi connectivity index (χ1v) is 5.79. The maximum absolute atomic E-state index is 12.0. The molecule has 0 aromatic rings. The van der Waals surface area contributed by atoms with Crippen LogP contribution >= 0.6 is 0 Å². The van der Waals surface area contributed by atoms with Crippen LogP contribution in [0.25, 0.3) is 0 Å². The molecule has 0 aliphatic carbocycles. The molecule has 1 aliphatic rings. The minimum absolute atomic E-state index is 0.0567. The fraction of sp³-hybridized carbons (Fsp3) is 0.727. The van der Waals surface area contributed by atoms with Crippen LogP contribution in [0.2, 0.25) is 0 Å². The highest BCUT2D eigenvalue weighted by atomic mass is 16.4. The third-order valence-corrected chi connectivity index (χ3v) is 3.02. The highest BCUT2D eigenvalue weighted by Crippen LogP contribution is 2.06. The lowest BCUT2D eigenvalue weighted by atomic mass is 10.2. The van der Waals surface area contributed by atoms with Crippen LogP contribution < -0.4 is 0 Å². The van der Waals surface area contributed by atoms with E-state index in [1.54, 1.807) is 25.9 Å². The number of carboxylic acid groups (broad SMARTS) is 1. The van der Waals surface area contributed by atoms with Gasteiger partial charge in [0.2, 0.25) is 5.91 Å². The summed E-state index contributed by atoms with van der Waals surface area (Å²) in [5, 5.41) is 8.79. The molecule has 1 rings (SSSR count). The zero-order valence-electron chi connectivity index (χ0n) is 10.9. The summed E-state index contributed by atoms with van der Waals surface area (Å²) in [6.07, 6.45) is 0. The molecule has 7 nitrogen and oxygen atoms in total. The molecule has 1 fully saturated rings. The monoisotopic (exact) mass is 257 g/mol. The summed E-state index contributed by atoms with van der Waals surface area (Å²) in [7, 11) is 3.24. The Morgan fingerprint density at radius 2 is 2.06 bits per heavy atom. The molecule has 0 aromatic carbocycles. The van der Waals surface area contributed by atoms with Crippen LogP contribution in [-0.4, -0.2) is 78.0 Å². The van der Waals surface area contributed by atoms with Crippen LogP contribution in [0.1, 0.15) is 6.92 Å². The summed E-state index contributed by atoms with van der Waals surface area (Å²) in [5.41, 5.74) is 0. The number of urea groups is 1. The van der Waals surface area contributed by atoms with E-state index in [1.807, 2.05) is 0 Å². The van der Waals surface area contributed by atoms with Gasteiger partial charge in [-0.2, -0.15) is 0 Å². The number of hydrogen-bond donors (Lipinski definition) is 1. The molecular formula is C11H19N3O4. The fourth-order valence-corrected chi connectivity index (χ4v) is 1.73. The molecule has 0 spiro atoms. The number of amides is 3. The molecule has 7 heteroatoms. The number of hydrogen-bond acceptors (Lipinski definition) is 3. The Morgan fingerprint density at radius 3 is 2.56 bits per heavy atom. The van der Waals surface area contributed by atoms with Gasteiger partial charge in [0.05, 0.1) is 5.92 Å². The van der Waals surface area contributed by atoms with E-state index in [1.165, 1.54) is 9.80 Å². The molecule has 0 radical (unpaired) electrons. The van der Waals surface area contributed by atoms with E-state index in [2.05, 4.69) is 0 Å². The van der Waals surface area contributed by atoms with Gasteiger partial charge in [-0.1, -0.05) is 6.92 Å². The van der Waals surface area contributed by atoms with Crippen LogP contribution in [-0.2, 0) is 9.59 Å². The van der Waals surface area contributed by atoms with Crippen molar-refractivity contribution in [2.45, 2.75) is 6.92 Å². The summed E-state index contributed by atoms with van der Waals surface area (Å²) >= 11 is 0. The number of rotatable bonds is 3. The molecule has 0 aromatic heterocycles. The van der Waals surface area contributed by atoms with Crippen LogP contribution in [0.15, 0.2) is 0 Å². The minimum Gasteiger partial charge on any atom is -0.481 e. The Kier molecular flexibility index (Phi) is 4.52. The molecule has 1 saturated heterocycles. The van der Waals surface area contributed by atoms with Crippen molar-refractivity contribution in [3.63, 3.8) is 0 Å². The van der Waals surface area contributed by atoms with Gasteiger partial charge < -0.3 is 19.8 Å². The molecule has 102 valence electrons. The molecule has 1 atom stereocenters. The number of carboxylic acids is 1. The smallest absolute Gasteiger partial charge is 0.320 e. The molecule has 1 unspecified atom stereocenters. The average molecular weight is 257 g/mol. The minimum atomic E-state index is -0.941. The Hall–Kier alpha value is -1.79. The van der Waals surface area contributed by atoms with Crippen molar-refractivity contribution in [2.24, 2.45) is 5.92 Å². The van der Waals surface area contributed by atoms with Crippen LogP contribution in [0.4, 0.5) is 4.79 Å². The number of carbonyl (C=O) groups excluding carboxylic acids is 2. The number of carbonyl (C=O) groups is 3. The first-order valence-electron chi connectivity index (χ1n) is 5.79. The first kappa shape index (κ1) is 14.3. The van der Waals surface area contributed by atoms with Crippen molar-refractivity contribution in [1.82, 2.24) is 14.7 Å². The SMILES string of the molecule is CC(CN(C)C(=O)N1CCN(C)C(=O)C1)C(=O)O. The first-order chi connectivity index (χ1) is 8.32. The summed E-state index contributed by atoms with van der Waals surface area (Å²) in [4.78, 5) is 38.6. The third-order valence-electron chi connectivity index (χ3n) is 3.02. The molecule has 1 N–H and O–H groups in total. The van der Waals surface area contributed by atoms with Crippen LogP contribution in [0, 0.1) is 5.92 Å². The number of aliphatic carboxylic acids is 1. The highest BCUT2D eigenvalue weighted by Gasteiger charge is 2.28. The summed E-state index contributed by atoms with van der Waals surface area (Å²) in [6.45, 7) is 2.72. The van der Waals surface area contributed by atoms with Gasteiger partial charge >= 0.3 is 12.0 Å². The van der Waals surface area contributed by atoms with Crippen molar-refractivity contribution in [3.8, 4) is 0 Å².